The Morgan fingerprint density at radius 3 is 1.35 bits per heavy atom. The number of carboxylic acids is 2. The fourth-order valence-corrected chi connectivity index (χ4v) is 9.88. The number of benzene rings is 4. The minimum Gasteiger partial charge on any atom is -0.550 e. The van der Waals surface area contributed by atoms with Crippen molar-refractivity contribution in [1.29, 1.82) is 0 Å². The molecule has 6 aromatic rings. The van der Waals surface area contributed by atoms with E-state index in [9.17, 15) is 49.0 Å². The van der Waals surface area contributed by atoms with Crippen LogP contribution >= 0.6 is 0 Å². The molecule has 4 aromatic carbocycles. The Bertz CT molecular complexity index is 2540. The molecule has 4 N–H and O–H groups in total. The molecule has 13 heteroatoms. The Balaban J connectivity index is 0.000000170. The van der Waals surface area contributed by atoms with Gasteiger partial charge in [0.05, 0.1) is 35.4 Å². The third-order valence-corrected chi connectivity index (χ3v) is 13.0. The first-order valence-electron chi connectivity index (χ1n) is 21.4. The summed E-state index contributed by atoms with van der Waals surface area (Å²) in [6.07, 6.45) is -0.605. The number of hydrogen-bond acceptors (Lipinski definition) is 10. The van der Waals surface area contributed by atoms with Crippen molar-refractivity contribution in [3.05, 3.63) is 130 Å². The van der Waals surface area contributed by atoms with Crippen molar-refractivity contribution in [3.63, 3.8) is 0 Å². The summed E-state index contributed by atoms with van der Waals surface area (Å²) in [5.41, 5.74) is 11.2. The summed E-state index contributed by atoms with van der Waals surface area (Å²) in [4.78, 5) is 31.5. The van der Waals surface area contributed by atoms with Crippen LogP contribution in [0.15, 0.2) is 84.9 Å². The fraction of sp³-hybridized carbons (Fsp3) is 0.360. The van der Waals surface area contributed by atoms with Gasteiger partial charge >= 0.3 is 37.7 Å². The average Bonchev–Trinajstić information content (AvgIpc) is 4.17. The number of nitrogens with zero attached hydrogens (tertiary/aromatic N) is 2. The van der Waals surface area contributed by atoms with Gasteiger partial charge in [0.15, 0.2) is 0 Å². The smallest absolute Gasteiger partial charge is 0.550 e. The quantitative estimate of drug-likeness (QED) is 0.119. The topological polar surface area (TPSA) is 187 Å². The zero-order valence-electron chi connectivity index (χ0n) is 34.6. The Kier molecular flexibility index (Phi) is 13.3. The molecular weight excluding hydrogens is 835 g/mol. The van der Waals surface area contributed by atoms with Crippen molar-refractivity contribution in [2.75, 3.05) is 0 Å². The van der Waals surface area contributed by atoms with Crippen LogP contribution in [-0.4, -0.2) is 104 Å². The molecule has 0 radical (unpaired) electrons. The molecule has 320 valence electrons. The maximum atomic E-state index is 14.2. The Labute approximate surface area is 392 Å². The molecule has 2 unspecified atom stereocenters. The normalized spacial score (nSPS) is 19.2. The molecule has 0 bridgehead atoms. The molecule has 4 aliphatic carbocycles. The van der Waals surface area contributed by atoms with Gasteiger partial charge in [0, 0.05) is 83.5 Å². The van der Waals surface area contributed by atoms with Gasteiger partial charge in [-0.2, -0.15) is 0 Å². The van der Waals surface area contributed by atoms with E-state index < -0.39 is 72.7 Å². The molecule has 10 nitrogen and oxygen atoms in total. The van der Waals surface area contributed by atoms with Crippen LogP contribution in [0.2, 0.25) is 0 Å². The van der Waals surface area contributed by atoms with E-state index in [1.165, 1.54) is 24.3 Å². The number of aromatic nitrogens is 2. The van der Waals surface area contributed by atoms with Crippen molar-refractivity contribution in [1.82, 2.24) is 9.97 Å². The van der Waals surface area contributed by atoms with Gasteiger partial charge in [-0.1, -0.05) is 48.5 Å². The van der Waals surface area contributed by atoms with Crippen molar-refractivity contribution < 1.29 is 49.0 Å². The van der Waals surface area contributed by atoms with Crippen LogP contribution in [0.5, 0.6) is 0 Å². The second kappa shape index (κ2) is 18.6. The molecule has 0 aliphatic heterocycles. The zero-order valence-corrected chi connectivity index (χ0v) is 36.8. The van der Waals surface area contributed by atoms with Gasteiger partial charge < -0.3 is 40.2 Å². The predicted molar refractivity (Wildman–Crippen MR) is 229 cm³/mol. The number of aliphatic hydroxyl groups is 4. The number of rotatable bonds is 12. The number of halogens is 2. The molecule has 10 rings (SSSR count). The van der Waals surface area contributed by atoms with E-state index in [1.807, 2.05) is 48.5 Å². The number of fused-ring (bicyclic) bond motifs is 10. The minimum atomic E-state index is -1.37. The Hall–Kier alpha value is -4.40. The summed E-state index contributed by atoms with van der Waals surface area (Å²) in [6, 6.07) is 25.1. The van der Waals surface area contributed by atoms with Crippen molar-refractivity contribution in [3.8, 4) is 22.3 Å². The number of aliphatic hydroxyl groups excluding tert-OH is 4. The van der Waals surface area contributed by atoms with Crippen molar-refractivity contribution in [2.24, 2.45) is 0 Å². The summed E-state index contributed by atoms with van der Waals surface area (Å²) in [7, 11) is 0. The second-order valence-corrected chi connectivity index (χ2v) is 17.4. The molecule has 6 atom stereocenters. The number of aliphatic carboxylic acids is 2. The Morgan fingerprint density at radius 1 is 0.603 bits per heavy atom. The summed E-state index contributed by atoms with van der Waals surface area (Å²) in [6.45, 7) is 0. The van der Waals surface area contributed by atoms with E-state index in [0.717, 1.165) is 92.3 Å². The largest absolute Gasteiger partial charge is 2.00 e. The van der Waals surface area contributed by atoms with E-state index in [2.05, 4.69) is 0 Å². The molecule has 2 saturated carbocycles. The van der Waals surface area contributed by atoms with E-state index in [1.54, 1.807) is 12.1 Å². The zero-order chi connectivity index (χ0) is 43.4. The molecule has 4 aliphatic rings. The van der Waals surface area contributed by atoms with Gasteiger partial charge in [0.2, 0.25) is 0 Å². The summed E-state index contributed by atoms with van der Waals surface area (Å²) < 4.78 is 28.5. The number of carbonyl (C=O) groups excluding carboxylic acids is 2. The summed E-state index contributed by atoms with van der Waals surface area (Å²) >= 11 is 0. The molecule has 2 fully saturated rings. The number of carboxylic acid groups (broad SMARTS) is 2. The molecule has 2 aromatic heterocycles. The molecule has 0 saturated heterocycles. The second-order valence-electron chi connectivity index (χ2n) is 17.4. The van der Waals surface area contributed by atoms with Crippen molar-refractivity contribution in [2.45, 2.75) is 112 Å². The molecule has 63 heavy (non-hydrogen) atoms. The Morgan fingerprint density at radius 2 is 0.984 bits per heavy atom. The molecule has 0 spiro atoms. The maximum Gasteiger partial charge on any atom is 2.00 e. The number of hydrogen-bond donors (Lipinski definition) is 4. The minimum absolute atomic E-state index is 0. The van der Waals surface area contributed by atoms with Crippen LogP contribution in [0.1, 0.15) is 109 Å². The molecular formula is C50H46CaF2N2O8. The van der Waals surface area contributed by atoms with E-state index in [-0.39, 0.29) is 50.6 Å². The van der Waals surface area contributed by atoms with Crippen LogP contribution in [-0.2, 0) is 22.4 Å². The van der Waals surface area contributed by atoms with Crippen molar-refractivity contribution >= 4 is 71.5 Å². The van der Waals surface area contributed by atoms with E-state index in [0.29, 0.717) is 35.8 Å². The van der Waals surface area contributed by atoms with E-state index in [4.69, 9.17) is 9.97 Å². The van der Waals surface area contributed by atoms with Crippen LogP contribution in [0.25, 0.3) is 44.1 Å². The molecule has 2 heterocycles. The SMILES string of the molecule is O=C([O-])C[C@H](O)C[C@H](O)C1Cc2c(C3CC3)nc3ccccc3c2-c2ccc(F)cc21.O=C([O-])C[C@H](O)C[C@H](O)C1Cc2c(C3CC3)nc3ccccc3c2-c2ccc(F)cc21.[Ca+2]. The standard InChI is InChI=1S/2C25H24FNO4.Ca/c2*26-14-7-8-16-18(9-14)19(22(29)10-15(28)11-23(30)31)12-20-24(16)17-3-1-2-4-21(17)27-25(20)13-5-6-13;/h2*1-4,7-9,13,15,19,22,28-29H,5-6,10-12H2,(H,30,31);/q;;+2/p-2/t2*15-,19?,22+;/m11./s1. The predicted octanol–water partition coefficient (Wildman–Crippen LogP) is 5.24. The van der Waals surface area contributed by atoms with Gasteiger partial charge in [-0.05, 0) is 119 Å². The first kappa shape index (κ1) is 45.2. The number of para-hydroxylation sites is 2. The van der Waals surface area contributed by atoms with Crippen LogP contribution < -0.4 is 10.2 Å². The monoisotopic (exact) mass is 880 g/mol. The van der Waals surface area contributed by atoms with Crippen LogP contribution in [0, 0.1) is 11.6 Å². The van der Waals surface area contributed by atoms with E-state index >= 15 is 0 Å². The molecule has 0 amide bonds. The van der Waals surface area contributed by atoms with Gasteiger partial charge in [0.1, 0.15) is 11.6 Å². The maximum absolute atomic E-state index is 14.2. The third-order valence-electron chi connectivity index (χ3n) is 13.0. The van der Waals surface area contributed by atoms with Gasteiger partial charge in [-0.15, -0.1) is 0 Å². The summed E-state index contributed by atoms with van der Waals surface area (Å²) in [5.74, 6) is -3.67. The first-order chi connectivity index (χ1) is 29.8. The fourth-order valence-electron chi connectivity index (χ4n) is 9.88. The number of carbonyl (C=O) groups is 2. The summed E-state index contributed by atoms with van der Waals surface area (Å²) in [5, 5.41) is 65.6. The first-order valence-corrected chi connectivity index (χ1v) is 21.4. The van der Waals surface area contributed by atoms with Gasteiger partial charge in [0.25, 0.3) is 0 Å². The van der Waals surface area contributed by atoms with Gasteiger partial charge in [-0.25, -0.2) is 8.78 Å². The van der Waals surface area contributed by atoms with Crippen LogP contribution in [0.4, 0.5) is 8.78 Å². The van der Waals surface area contributed by atoms with Crippen LogP contribution in [0.3, 0.4) is 0 Å². The number of pyridine rings is 2. The van der Waals surface area contributed by atoms with Gasteiger partial charge in [-0.3, -0.25) is 9.97 Å². The third kappa shape index (κ3) is 9.40. The average molecular weight is 881 g/mol.